The van der Waals surface area contributed by atoms with Crippen molar-refractivity contribution >= 4 is 32.4 Å². The number of fused-ring (bicyclic) bond motifs is 1. The summed E-state index contributed by atoms with van der Waals surface area (Å²) < 4.78 is 28.1. The summed E-state index contributed by atoms with van der Waals surface area (Å²) in [6.45, 7) is 0.310. The van der Waals surface area contributed by atoms with E-state index in [1.54, 1.807) is 84.9 Å². The molecule has 1 amide bonds. The molecule has 0 atom stereocenters. The maximum Gasteiger partial charge on any atom is 0.252 e. The highest BCUT2D eigenvalue weighted by Gasteiger charge is 2.16. The van der Waals surface area contributed by atoms with Crippen molar-refractivity contribution < 1.29 is 13.2 Å². The Bertz CT molecular complexity index is 1440. The molecule has 4 rings (SSSR count). The summed E-state index contributed by atoms with van der Waals surface area (Å²) in [5.41, 5.74) is 2.99. The summed E-state index contributed by atoms with van der Waals surface area (Å²) in [5.74, 6) is -0.413. The first kappa shape index (κ1) is 22.1. The number of carbonyl (C=O) groups excluding carboxylic acids is 1. The van der Waals surface area contributed by atoms with Gasteiger partial charge in [-0.25, -0.2) is 8.42 Å². The number of rotatable bonds is 7. The molecule has 0 aliphatic carbocycles. The Morgan fingerprint density at radius 2 is 1.48 bits per heavy atom. The molecule has 33 heavy (non-hydrogen) atoms. The van der Waals surface area contributed by atoms with E-state index in [0.29, 0.717) is 39.7 Å². The standard InChI is InChI=1S/C26H21N3O3S/c27-16-19-12-14-20(15-13-19)17-28-26(30)24-10-4-9-23-22(24)8-5-11-25(23)29-33(31,32)18-21-6-2-1-3-7-21/h1-15,29H,17-18H2,(H,28,30). The maximum atomic E-state index is 12.9. The zero-order chi connectivity index (χ0) is 23.3. The van der Waals surface area contributed by atoms with E-state index in [2.05, 4.69) is 16.1 Å². The third kappa shape index (κ3) is 5.37. The Hall–Kier alpha value is -4.15. The fraction of sp³-hybridized carbons (Fsp3) is 0.0769. The van der Waals surface area contributed by atoms with Crippen molar-refractivity contribution in [1.29, 1.82) is 5.26 Å². The highest BCUT2D eigenvalue weighted by atomic mass is 32.2. The van der Waals surface area contributed by atoms with Crippen LogP contribution < -0.4 is 10.0 Å². The largest absolute Gasteiger partial charge is 0.348 e. The van der Waals surface area contributed by atoms with Crippen molar-refractivity contribution in [2.75, 3.05) is 4.72 Å². The van der Waals surface area contributed by atoms with Gasteiger partial charge < -0.3 is 5.32 Å². The van der Waals surface area contributed by atoms with E-state index in [9.17, 15) is 13.2 Å². The Morgan fingerprint density at radius 1 is 0.788 bits per heavy atom. The van der Waals surface area contributed by atoms with Gasteiger partial charge in [0.05, 0.1) is 23.1 Å². The normalized spacial score (nSPS) is 11.0. The molecule has 0 aliphatic heterocycles. The summed E-state index contributed by atoms with van der Waals surface area (Å²) in [6.07, 6.45) is 0. The van der Waals surface area contributed by atoms with E-state index in [1.807, 2.05) is 6.07 Å². The van der Waals surface area contributed by atoms with E-state index < -0.39 is 10.0 Å². The molecule has 6 nitrogen and oxygen atoms in total. The van der Waals surface area contributed by atoms with Crippen LogP contribution in [0, 0.1) is 11.3 Å². The van der Waals surface area contributed by atoms with Gasteiger partial charge in [0, 0.05) is 17.5 Å². The average molecular weight is 456 g/mol. The topological polar surface area (TPSA) is 99.1 Å². The Kier molecular flexibility index (Phi) is 6.38. The number of anilines is 1. The van der Waals surface area contributed by atoms with Crippen LogP contribution in [-0.2, 0) is 22.3 Å². The van der Waals surface area contributed by atoms with Crippen LogP contribution in [0.15, 0.2) is 91.0 Å². The highest BCUT2D eigenvalue weighted by molar-refractivity contribution is 7.91. The van der Waals surface area contributed by atoms with Gasteiger partial charge in [0.15, 0.2) is 0 Å². The molecule has 0 radical (unpaired) electrons. The molecule has 0 unspecified atom stereocenters. The van der Waals surface area contributed by atoms with Gasteiger partial charge in [-0.2, -0.15) is 5.26 Å². The summed E-state index contributed by atoms with van der Waals surface area (Å²) in [7, 11) is -3.64. The highest BCUT2D eigenvalue weighted by Crippen LogP contribution is 2.27. The fourth-order valence-corrected chi connectivity index (χ4v) is 4.79. The third-order valence-corrected chi connectivity index (χ3v) is 6.41. The molecule has 2 N–H and O–H groups in total. The first-order valence-electron chi connectivity index (χ1n) is 10.3. The van der Waals surface area contributed by atoms with Gasteiger partial charge in [-0.05, 0) is 40.8 Å². The number of nitriles is 1. The molecule has 0 heterocycles. The molecule has 0 spiro atoms. The first-order valence-corrected chi connectivity index (χ1v) is 11.9. The molecule has 0 aliphatic rings. The lowest BCUT2D eigenvalue weighted by molar-refractivity contribution is 0.0952. The zero-order valence-electron chi connectivity index (χ0n) is 17.7. The van der Waals surface area contributed by atoms with Gasteiger partial charge in [-0.15, -0.1) is 0 Å². The maximum absolute atomic E-state index is 12.9. The lowest BCUT2D eigenvalue weighted by Gasteiger charge is -2.13. The van der Waals surface area contributed by atoms with Crippen molar-refractivity contribution in [3.8, 4) is 6.07 Å². The number of amides is 1. The van der Waals surface area contributed by atoms with Crippen LogP contribution in [-0.4, -0.2) is 14.3 Å². The van der Waals surface area contributed by atoms with Gasteiger partial charge in [0.1, 0.15) is 0 Å². The molecule has 0 aromatic heterocycles. The molecular formula is C26H21N3O3S. The van der Waals surface area contributed by atoms with Crippen molar-refractivity contribution in [3.05, 3.63) is 113 Å². The van der Waals surface area contributed by atoms with Crippen molar-refractivity contribution in [2.24, 2.45) is 0 Å². The SMILES string of the molecule is N#Cc1ccc(CNC(=O)c2cccc3c(NS(=O)(=O)Cc4ccccc4)cccc23)cc1. The molecule has 4 aromatic carbocycles. The number of carbonyl (C=O) groups is 1. The van der Waals surface area contributed by atoms with Gasteiger partial charge in [0.25, 0.3) is 5.91 Å². The predicted octanol–water partition coefficient (Wildman–Crippen LogP) is 4.58. The minimum atomic E-state index is -3.64. The predicted molar refractivity (Wildman–Crippen MR) is 129 cm³/mol. The molecule has 0 saturated heterocycles. The van der Waals surface area contributed by atoms with Crippen LogP contribution in [0.3, 0.4) is 0 Å². The number of hydrogen-bond acceptors (Lipinski definition) is 4. The first-order chi connectivity index (χ1) is 15.9. The van der Waals surface area contributed by atoms with E-state index in [0.717, 1.165) is 5.56 Å². The number of hydrogen-bond donors (Lipinski definition) is 2. The second kappa shape index (κ2) is 9.55. The quantitative estimate of drug-likeness (QED) is 0.426. The minimum Gasteiger partial charge on any atom is -0.348 e. The second-order valence-electron chi connectivity index (χ2n) is 7.54. The van der Waals surface area contributed by atoms with Gasteiger partial charge in [-0.3, -0.25) is 9.52 Å². The van der Waals surface area contributed by atoms with Crippen molar-refractivity contribution in [1.82, 2.24) is 5.32 Å². The summed E-state index contributed by atoms with van der Waals surface area (Å²) in [5, 5.41) is 13.1. The second-order valence-corrected chi connectivity index (χ2v) is 9.27. The minimum absolute atomic E-state index is 0.144. The van der Waals surface area contributed by atoms with Crippen LogP contribution in [0.1, 0.15) is 27.0 Å². The summed E-state index contributed by atoms with van der Waals surface area (Å²) in [6, 6.07) is 28.4. The summed E-state index contributed by atoms with van der Waals surface area (Å²) in [4.78, 5) is 12.9. The average Bonchev–Trinajstić information content (AvgIpc) is 2.83. The number of sulfonamides is 1. The summed E-state index contributed by atoms with van der Waals surface area (Å²) >= 11 is 0. The lowest BCUT2D eigenvalue weighted by Crippen LogP contribution is -2.23. The number of nitrogens with zero attached hydrogens (tertiary/aromatic N) is 1. The smallest absolute Gasteiger partial charge is 0.252 e. The Balaban J connectivity index is 1.55. The van der Waals surface area contributed by atoms with Gasteiger partial charge >= 0.3 is 0 Å². The van der Waals surface area contributed by atoms with E-state index in [-0.39, 0.29) is 11.7 Å². The lowest BCUT2D eigenvalue weighted by atomic mass is 10.0. The van der Waals surface area contributed by atoms with Crippen LogP contribution in [0.25, 0.3) is 10.8 Å². The molecular weight excluding hydrogens is 434 g/mol. The third-order valence-electron chi connectivity index (χ3n) is 5.17. The number of nitrogens with one attached hydrogen (secondary N) is 2. The van der Waals surface area contributed by atoms with E-state index in [1.165, 1.54) is 0 Å². The Morgan fingerprint density at radius 3 is 2.21 bits per heavy atom. The Labute approximate surface area is 192 Å². The number of benzene rings is 4. The molecule has 7 heteroatoms. The van der Waals surface area contributed by atoms with Gasteiger partial charge in [-0.1, -0.05) is 66.7 Å². The molecule has 4 aromatic rings. The molecule has 0 fully saturated rings. The zero-order valence-corrected chi connectivity index (χ0v) is 18.5. The molecule has 0 saturated carbocycles. The van der Waals surface area contributed by atoms with Crippen molar-refractivity contribution in [3.63, 3.8) is 0 Å². The van der Waals surface area contributed by atoms with Crippen molar-refractivity contribution in [2.45, 2.75) is 12.3 Å². The van der Waals surface area contributed by atoms with Crippen LogP contribution in [0.2, 0.25) is 0 Å². The molecule has 0 bridgehead atoms. The van der Waals surface area contributed by atoms with Crippen LogP contribution >= 0.6 is 0 Å². The monoisotopic (exact) mass is 455 g/mol. The van der Waals surface area contributed by atoms with Gasteiger partial charge in [0.2, 0.25) is 10.0 Å². The van der Waals surface area contributed by atoms with Crippen LogP contribution in [0.4, 0.5) is 5.69 Å². The fourth-order valence-electron chi connectivity index (χ4n) is 3.57. The van der Waals surface area contributed by atoms with Crippen LogP contribution in [0.5, 0.6) is 0 Å². The molecule has 164 valence electrons. The van der Waals surface area contributed by atoms with E-state index >= 15 is 0 Å². The van der Waals surface area contributed by atoms with E-state index in [4.69, 9.17) is 5.26 Å².